The second kappa shape index (κ2) is 10.1. The lowest BCUT2D eigenvalue weighted by Gasteiger charge is -2.39. The number of hydrogen-bond acceptors (Lipinski definition) is 4. The van der Waals surface area contributed by atoms with Crippen LogP contribution < -0.4 is 5.32 Å². The molecule has 1 aromatic rings. The summed E-state index contributed by atoms with van der Waals surface area (Å²) < 4.78 is 0.305. The maximum Gasteiger partial charge on any atom is 0.193 e. The number of nitrogens with one attached hydrogen (secondary N) is 1. The quantitative estimate of drug-likeness (QED) is 0.407. The molecule has 0 spiro atoms. The van der Waals surface area contributed by atoms with Crippen LogP contribution in [0.3, 0.4) is 0 Å². The Kier molecular flexibility index (Phi) is 9.21. The topological polar surface area (TPSA) is 40.5 Å². The SMILES string of the molecule is CCNC(=NCCc1csc(CC)n1)N1CCSC(C)(C)C1.I. The van der Waals surface area contributed by atoms with E-state index in [4.69, 9.17) is 4.99 Å². The molecule has 1 aliphatic heterocycles. The first-order chi connectivity index (χ1) is 10.5. The van der Waals surface area contributed by atoms with Crippen LogP contribution in [0.25, 0.3) is 0 Å². The van der Waals surface area contributed by atoms with Gasteiger partial charge in [0.25, 0.3) is 0 Å². The summed E-state index contributed by atoms with van der Waals surface area (Å²) in [7, 11) is 0. The maximum atomic E-state index is 4.82. The van der Waals surface area contributed by atoms with E-state index in [1.165, 1.54) is 16.5 Å². The van der Waals surface area contributed by atoms with Crippen molar-refractivity contribution in [3.05, 3.63) is 16.1 Å². The highest BCUT2D eigenvalue weighted by Crippen LogP contribution is 2.29. The molecule has 1 saturated heterocycles. The molecule has 0 bridgehead atoms. The molecule has 1 aliphatic rings. The van der Waals surface area contributed by atoms with Gasteiger partial charge in [0.15, 0.2) is 5.96 Å². The van der Waals surface area contributed by atoms with Gasteiger partial charge in [0, 0.05) is 48.5 Å². The number of aliphatic imine (C=N–C) groups is 1. The van der Waals surface area contributed by atoms with Gasteiger partial charge in [-0.3, -0.25) is 4.99 Å². The van der Waals surface area contributed by atoms with Gasteiger partial charge < -0.3 is 10.2 Å². The minimum atomic E-state index is 0. The van der Waals surface area contributed by atoms with Crippen LogP contribution in [0, 0.1) is 0 Å². The van der Waals surface area contributed by atoms with E-state index in [-0.39, 0.29) is 24.0 Å². The van der Waals surface area contributed by atoms with Crippen LogP contribution in [-0.2, 0) is 12.8 Å². The number of aromatic nitrogens is 1. The van der Waals surface area contributed by atoms with Crippen LogP contribution >= 0.6 is 47.1 Å². The van der Waals surface area contributed by atoms with Gasteiger partial charge in [-0.25, -0.2) is 4.98 Å². The molecule has 2 heterocycles. The van der Waals surface area contributed by atoms with Gasteiger partial charge in [0.05, 0.1) is 10.7 Å². The van der Waals surface area contributed by atoms with Crippen LogP contribution in [0.15, 0.2) is 10.4 Å². The Bertz CT molecular complexity index is 502. The lowest BCUT2D eigenvalue weighted by Crippen LogP contribution is -2.51. The molecule has 7 heteroatoms. The molecule has 0 saturated carbocycles. The van der Waals surface area contributed by atoms with E-state index >= 15 is 0 Å². The summed E-state index contributed by atoms with van der Waals surface area (Å²) in [6.45, 7) is 12.8. The first-order valence-corrected chi connectivity index (χ1v) is 10.0. The molecule has 23 heavy (non-hydrogen) atoms. The van der Waals surface area contributed by atoms with Crippen molar-refractivity contribution in [2.24, 2.45) is 4.99 Å². The molecule has 0 atom stereocenters. The van der Waals surface area contributed by atoms with Gasteiger partial charge in [0.2, 0.25) is 0 Å². The molecule has 0 amide bonds. The van der Waals surface area contributed by atoms with Crippen molar-refractivity contribution in [1.29, 1.82) is 0 Å². The average molecular weight is 468 g/mol. The van der Waals surface area contributed by atoms with Crippen LogP contribution in [0.1, 0.15) is 38.4 Å². The van der Waals surface area contributed by atoms with Gasteiger partial charge in [-0.15, -0.1) is 35.3 Å². The zero-order valence-electron chi connectivity index (χ0n) is 14.6. The number of guanidine groups is 1. The normalized spacial score (nSPS) is 17.7. The lowest BCUT2D eigenvalue weighted by molar-refractivity contribution is 0.376. The lowest BCUT2D eigenvalue weighted by atomic mass is 10.2. The molecule has 132 valence electrons. The Balaban J connectivity index is 0.00000264. The van der Waals surface area contributed by atoms with Gasteiger partial charge in [-0.1, -0.05) is 6.92 Å². The summed E-state index contributed by atoms with van der Waals surface area (Å²) >= 11 is 3.81. The van der Waals surface area contributed by atoms with Gasteiger partial charge >= 0.3 is 0 Å². The van der Waals surface area contributed by atoms with Crippen LogP contribution in [0.2, 0.25) is 0 Å². The number of thioether (sulfide) groups is 1. The summed E-state index contributed by atoms with van der Waals surface area (Å²) in [5, 5.41) is 6.83. The monoisotopic (exact) mass is 468 g/mol. The van der Waals surface area contributed by atoms with Gasteiger partial charge in [0.1, 0.15) is 0 Å². The average Bonchev–Trinajstić information content (AvgIpc) is 2.93. The number of nitrogens with zero attached hydrogens (tertiary/aromatic N) is 3. The zero-order valence-corrected chi connectivity index (χ0v) is 18.6. The van der Waals surface area contributed by atoms with E-state index in [0.29, 0.717) is 4.75 Å². The molecule has 1 aromatic heterocycles. The van der Waals surface area contributed by atoms with E-state index in [2.05, 4.69) is 60.0 Å². The van der Waals surface area contributed by atoms with E-state index in [1.54, 1.807) is 11.3 Å². The Morgan fingerprint density at radius 1 is 1.43 bits per heavy atom. The number of aryl methyl sites for hydroxylation is 1. The number of halogens is 1. The van der Waals surface area contributed by atoms with Crippen LogP contribution in [0.4, 0.5) is 0 Å². The maximum absolute atomic E-state index is 4.82. The van der Waals surface area contributed by atoms with E-state index < -0.39 is 0 Å². The van der Waals surface area contributed by atoms with Crippen molar-refractivity contribution in [3.63, 3.8) is 0 Å². The van der Waals surface area contributed by atoms with E-state index in [9.17, 15) is 0 Å². The second-order valence-electron chi connectivity index (χ2n) is 6.10. The summed E-state index contributed by atoms with van der Waals surface area (Å²) in [6.07, 6.45) is 1.95. The fourth-order valence-electron chi connectivity index (χ4n) is 2.53. The van der Waals surface area contributed by atoms with E-state index in [0.717, 1.165) is 45.0 Å². The minimum Gasteiger partial charge on any atom is -0.357 e. The highest BCUT2D eigenvalue weighted by atomic mass is 127. The second-order valence-corrected chi connectivity index (χ2v) is 8.85. The third-order valence-corrected chi connectivity index (χ3v) is 5.93. The van der Waals surface area contributed by atoms with Crippen molar-refractivity contribution < 1.29 is 0 Å². The first kappa shape index (κ1) is 21.0. The summed E-state index contributed by atoms with van der Waals surface area (Å²) in [4.78, 5) is 11.8. The first-order valence-electron chi connectivity index (χ1n) is 8.14. The third kappa shape index (κ3) is 6.78. The highest BCUT2D eigenvalue weighted by molar-refractivity contribution is 14.0. The van der Waals surface area contributed by atoms with Crippen molar-refractivity contribution in [3.8, 4) is 0 Å². The molecule has 4 nitrogen and oxygen atoms in total. The minimum absolute atomic E-state index is 0. The summed E-state index contributed by atoms with van der Waals surface area (Å²) in [6, 6.07) is 0. The fraction of sp³-hybridized carbons (Fsp3) is 0.750. The Hall–Kier alpha value is -0.0200. The molecule has 1 fully saturated rings. The summed E-state index contributed by atoms with van der Waals surface area (Å²) in [5.74, 6) is 2.23. The summed E-state index contributed by atoms with van der Waals surface area (Å²) in [5.41, 5.74) is 1.18. The van der Waals surface area contributed by atoms with Gasteiger partial charge in [-0.05, 0) is 27.2 Å². The van der Waals surface area contributed by atoms with Crippen molar-refractivity contribution in [2.75, 3.05) is 31.9 Å². The molecule has 0 aromatic carbocycles. The van der Waals surface area contributed by atoms with E-state index in [1.807, 2.05) is 0 Å². The van der Waals surface area contributed by atoms with Crippen LogP contribution in [0.5, 0.6) is 0 Å². The molecular formula is C16H29IN4S2. The molecule has 0 radical (unpaired) electrons. The molecule has 1 N–H and O–H groups in total. The fourth-order valence-corrected chi connectivity index (χ4v) is 4.42. The predicted octanol–water partition coefficient (Wildman–Crippen LogP) is 3.66. The number of rotatable bonds is 5. The number of hydrogen-bond donors (Lipinski definition) is 1. The molecule has 0 aliphatic carbocycles. The predicted molar refractivity (Wildman–Crippen MR) is 115 cm³/mol. The van der Waals surface area contributed by atoms with Gasteiger partial charge in [-0.2, -0.15) is 11.8 Å². The van der Waals surface area contributed by atoms with Crippen molar-refractivity contribution in [1.82, 2.24) is 15.2 Å². The number of thiazole rings is 1. The standard InChI is InChI=1S/C16H28N4S2.HI/c1-5-14-19-13(11-21-14)7-8-18-15(17-6-2)20-9-10-22-16(3,4)12-20;/h11H,5-10,12H2,1-4H3,(H,17,18);1H. The highest BCUT2D eigenvalue weighted by Gasteiger charge is 2.28. The molecule has 0 unspecified atom stereocenters. The third-order valence-electron chi connectivity index (χ3n) is 3.59. The molecule has 2 rings (SSSR count). The Morgan fingerprint density at radius 3 is 2.83 bits per heavy atom. The smallest absolute Gasteiger partial charge is 0.193 e. The van der Waals surface area contributed by atoms with Crippen molar-refractivity contribution >= 4 is 53.0 Å². The van der Waals surface area contributed by atoms with Crippen molar-refractivity contribution in [2.45, 2.75) is 45.3 Å². The largest absolute Gasteiger partial charge is 0.357 e. The Labute approximate surface area is 166 Å². The molecular weight excluding hydrogens is 439 g/mol. The Morgan fingerprint density at radius 2 is 2.22 bits per heavy atom. The van der Waals surface area contributed by atoms with Crippen LogP contribution in [-0.4, -0.2) is 52.5 Å². The zero-order chi connectivity index (χ0) is 16.0.